The number of aliphatic hydroxyl groups is 1. The molecule has 0 aliphatic heterocycles. The van der Waals surface area contributed by atoms with Gasteiger partial charge in [-0.3, -0.25) is 0 Å². The number of thioether (sulfide) groups is 1. The standard InChI is InChI=1S/C25H35NOS/c26-18-25(8-4-5-14-27)24-12-11-22-16-21(9-10-23(22)17-24)19-28-15-13-20-6-2-1-3-7-20/h1-3,6-7,11-12,17,21,25,27H,4-5,8-10,13-16,18-19,26H2/t21-,25-/m0/s1. The molecule has 0 spiro atoms. The highest BCUT2D eigenvalue weighted by molar-refractivity contribution is 7.99. The summed E-state index contributed by atoms with van der Waals surface area (Å²) in [7, 11) is 0. The molecule has 3 heteroatoms. The van der Waals surface area contributed by atoms with Gasteiger partial charge in [-0.25, -0.2) is 0 Å². The van der Waals surface area contributed by atoms with Crippen LogP contribution in [-0.2, 0) is 19.3 Å². The molecule has 0 saturated carbocycles. The molecule has 0 radical (unpaired) electrons. The van der Waals surface area contributed by atoms with Gasteiger partial charge in [-0.05, 0) is 90.7 Å². The van der Waals surface area contributed by atoms with Crippen LogP contribution in [-0.4, -0.2) is 29.8 Å². The average Bonchev–Trinajstić information content (AvgIpc) is 2.75. The highest BCUT2D eigenvalue weighted by atomic mass is 32.2. The minimum atomic E-state index is 0.284. The number of aryl methyl sites for hydroxylation is 2. The van der Waals surface area contributed by atoms with Crippen LogP contribution in [0.5, 0.6) is 0 Å². The summed E-state index contributed by atoms with van der Waals surface area (Å²) in [6.45, 7) is 0.983. The van der Waals surface area contributed by atoms with Crippen LogP contribution in [0, 0.1) is 5.92 Å². The van der Waals surface area contributed by atoms with Crippen LogP contribution >= 0.6 is 11.8 Å². The molecule has 2 aromatic carbocycles. The monoisotopic (exact) mass is 397 g/mol. The number of aliphatic hydroxyl groups excluding tert-OH is 1. The smallest absolute Gasteiger partial charge is 0.0431 e. The molecule has 0 unspecified atom stereocenters. The van der Waals surface area contributed by atoms with Crippen LogP contribution in [0.1, 0.15) is 53.9 Å². The SMILES string of the molecule is NC[C@H](CCCCO)c1ccc2c(c1)CC[C@H](CSCCc1ccccc1)C2. The predicted octanol–water partition coefficient (Wildman–Crippen LogP) is 4.97. The first-order chi connectivity index (χ1) is 13.8. The topological polar surface area (TPSA) is 46.2 Å². The first-order valence-electron chi connectivity index (χ1n) is 10.8. The third kappa shape index (κ3) is 6.37. The lowest BCUT2D eigenvalue weighted by Gasteiger charge is -2.26. The van der Waals surface area contributed by atoms with Crippen LogP contribution < -0.4 is 5.73 Å². The van der Waals surface area contributed by atoms with Crippen molar-refractivity contribution >= 4 is 11.8 Å². The molecule has 0 amide bonds. The number of fused-ring (bicyclic) bond motifs is 1. The highest BCUT2D eigenvalue weighted by Gasteiger charge is 2.20. The average molecular weight is 398 g/mol. The van der Waals surface area contributed by atoms with Gasteiger partial charge in [-0.15, -0.1) is 0 Å². The van der Waals surface area contributed by atoms with E-state index in [9.17, 15) is 0 Å². The fourth-order valence-electron chi connectivity index (χ4n) is 4.25. The number of hydrogen-bond donors (Lipinski definition) is 2. The zero-order chi connectivity index (χ0) is 19.6. The summed E-state index contributed by atoms with van der Waals surface area (Å²) in [5.74, 6) is 3.75. The van der Waals surface area contributed by atoms with E-state index in [4.69, 9.17) is 10.8 Å². The minimum absolute atomic E-state index is 0.284. The van der Waals surface area contributed by atoms with Gasteiger partial charge < -0.3 is 10.8 Å². The quantitative estimate of drug-likeness (QED) is 0.526. The van der Waals surface area contributed by atoms with E-state index in [0.717, 1.165) is 25.2 Å². The predicted molar refractivity (Wildman–Crippen MR) is 122 cm³/mol. The van der Waals surface area contributed by atoms with E-state index in [0.29, 0.717) is 12.5 Å². The Morgan fingerprint density at radius 1 is 1.07 bits per heavy atom. The molecule has 3 rings (SSSR count). The molecular formula is C25H35NOS. The van der Waals surface area contributed by atoms with Crippen molar-refractivity contribution in [3.8, 4) is 0 Å². The lowest BCUT2D eigenvalue weighted by molar-refractivity contribution is 0.281. The van der Waals surface area contributed by atoms with E-state index >= 15 is 0 Å². The molecule has 1 aliphatic rings. The van der Waals surface area contributed by atoms with Crippen molar-refractivity contribution in [1.82, 2.24) is 0 Å². The second kappa shape index (κ2) is 11.6. The van der Waals surface area contributed by atoms with Crippen molar-refractivity contribution in [3.05, 3.63) is 70.8 Å². The van der Waals surface area contributed by atoms with Crippen molar-refractivity contribution in [1.29, 1.82) is 0 Å². The Balaban J connectivity index is 1.47. The van der Waals surface area contributed by atoms with Crippen LogP contribution in [0.2, 0.25) is 0 Å². The van der Waals surface area contributed by atoms with Crippen molar-refractivity contribution in [2.45, 2.75) is 50.9 Å². The summed E-state index contributed by atoms with van der Waals surface area (Å²) < 4.78 is 0. The van der Waals surface area contributed by atoms with Crippen LogP contribution in [0.25, 0.3) is 0 Å². The zero-order valence-electron chi connectivity index (χ0n) is 17.0. The molecular weight excluding hydrogens is 362 g/mol. The van der Waals surface area contributed by atoms with E-state index in [1.54, 1.807) is 11.1 Å². The van der Waals surface area contributed by atoms with Crippen LogP contribution in [0.3, 0.4) is 0 Å². The third-order valence-corrected chi connectivity index (χ3v) is 7.21. The molecule has 2 aromatic rings. The van der Waals surface area contributed by atoms with Crippen LogP contribution in [0.4, 0.5) is 0 Å². The molecule has 0 heterocycles. The molecule has 152 valence electrons. The summed E-state index contributed by atoms with van der Waals surface area (Å²) in [5.41, 5.74) is 12.0. The lowest BCUT2D eigenvalue weighted by atomic mass is 9.82. The summed E-state index contributed by atoms with van der Waals surface area (Å²) in [4.78, 5) is 0. The van der Waals surface area contributed by atoms with E-state index in [-0.39, 0.29) is 6.61 Å². The maximum atomic E-state index is 9.01. The van der Waals surface area contributed by atoms with Gasteiger partial charge in [0.25, 0.3) is 0 Å². The molecule has 2 atom stereocenters. The van der Waals surface area contributed by atoms with Crippen molar-refractivity contribution in [3.63, 3.8) is 0 Å². The summed E-state index contributed by atoms with van der Waals surface area (Å²) in [6, 6.07) is 17.9. The van der Waals surface area contributed by atoms with Crippen molar-refractivity contribution in [2.24, 2.45) is 11.7 Å². The minimum Gasteiger partial charge on any atom is -0.396 e. The van der Waals surface area contributed by atoms with Gasteiger partial charge in [0.2, 0.25) is 0 Å². The molecule has 0 saturated heterocycles. The second-order valence-corrected chi connectivity index (χ2v) is 9.25. The van der Waals surface area contributed by atoms with E-state index in [1.807, 2.05) is 0 Å². The molecule has 1 aliphatic carbocycles. The molecule has 3 N–H and O–H groups in total. The second-order valence-electron chi connectivity index (χ2n) is 8.10. The molecule has 2 nitrogen and oxygen atoms in total. The number of unbranched alkanes of at least 4 members (excludes halogenated alkanes) is 1. The Hall–Kier alpha value is -1.29. The molecule has 28 heavy (non-hydrogen) atoms. The van der Waals surface area contributed by atoms with Gasteiger partial charge in [-0.1, -0.05) is 55.0 Å². The first kappa shape index (κ1) is 21.4. The van der Waals surface area contributed by atoms with E-state index in [2.05, 4.69) is 60.3 Å². The maximum absolute atomic E-state index is 9.01. The van der Waals surface area contributed by atoms with E-state index in [1.165, 1.54) is 48.3 Å². The lowest BCUT2D eigenvalue weighted by Crippen LogP contribution is -2.18. The van der Waals surface area contributed by atoms with Crippen molar-refractivity contribution in [2.75, 3.05) is 24.7 Å². The fourth-order valence-corrected chi connectivity index (χ4v) is 5.42. The number of nitrogens with two attached hydrogens (primary N) is 1. The van der Waals surface area contributed by atoms with Gasteiger partial charge in [0.15, 0.2) is 0 Å². The zero-order valence-corrected chi connectivity index (χ0v) is 17.8. The first-order valence-corrected chi connectivity index (χ1v) is 12.0. The van der Waals surface area contributed by atoms with Gasteiger partial charge in [0, 0.05) is 6.61 Å². The van der Waals surface area contributed by atoms with E-state index < -0.39 is 0 Å². The summed E-state index contributed by atoms with van der Waals surface area (Å²) >= 11 is 2.12. The largest absolute Gasteiger partial charge is 0.396 e. The summed E-state index contributed by atoms with van der Waals surface area (Å²) in [6.07, 6.45) is 7.94. The highest BCUT2D eigenvalue weighted by Crippen LogP contribution is 2.31. The Labute approximate surface area is 174 Å². The summed E-state index contributed by atoms with van der Waals surface area (Å²) in [5, 5.41) is 9.01. The number of hydrogen-bond acceptors (Lipinski definition) is 3. The fraction of sp³-hybridized carbons (Fsp3) is 0.520. The number of rotatable bonds is 11. The maximum Gasteiger partial charge on any atom is 0.0431 e. The number of benzene rings is 2. The Kier molecular flexibility index (Phi) is 8.91. The van der Waals surface area contributed by atoms with Crippen LogP contribution in [0.15, 0.2) is 48.5 Å². The third-order valence-electron chi connectivity index (χ3n) is 6.01. The van der Waals surface area contributed by atoms with Crippen molar-refractivity contribution < 1.29 is 5.11 Å². The normalized spacial score (nSPS) is 17.3. The van der Waals surface area contributed by atoms with Gasteiger partial charge in [0.05, 0.1) is 0 Å². The van der Waals surface area contributed by atoms with Gasteiger partial charge in [0.1, 0.15) is 0 Å². The molecule has 0 bridgehead atoms. The Bertz CT molecular complexity index is 703. The Morgan fingerprint density at radius 2 is 1.93 bits per heavy atom. The molecule has 0 aromatic heterocycles. The van der Waals surface area contributed by atoms with Gasteiger partial charge in [-0.2, -0.15) is 11.8 Å². The van der Waals surface area contributed by atoms with Gasteiger partial charge >= 0.3 is 0 Å². The molecule has 0 fully saturated rings. The Morgan fingerprint density at radius 3 is 2.71 bits per heavy atom.